The van der Waals surface area contributed by atoms with Gasteiger partial charge in [-0.1, -0.05) is 24.3 Å². The van der Waals surface area contributed by atoms with E-state index in [1.54, 1.807) is 31.2 Å². The lowest BCUT2D eigenvalue weighted by atomic mass is 10.1. The number of hydrogen-bond donors (Lipinski definition) is 2. The highest BCUT2D eigenvalue weighted by atomic mass is 32.2. The average molecular weight is 419 g/mol. The molecule has 2 N–H and O–H groups in total. The molecule has 2 rings (SSSR count). The number of rotatable bonds is 8. The first kappa shape index (κ1) is 22.1. The molecule has 0 bridgehead atoms. The molecule has 0 heterocycles. The summed E-state index contributed by atoms with van der Waals surface area (Å²) in [6, 6.07) is 10.9. The van der Waals surface area contributed by atoms with Crippen molar-refractivity contribution in [1.82, 2.24) is 9.73 Å². The zero-order chi connectivity index (χ0) is 21.6. The molecule has 0 aliphatic carbocycles. The SMILES string of the molecule is COc1ccc(C)cc1S(=O)(=O)N(C)CC(=O)N/N=C/c1ccccc1C(=O)O. The first-order valence-corrected chi connectivity index (χ1v) is 9.86. The molecule has 0 aliphatic heterocycles. The summed E-state index contributed by atoms with van der Waals surface area (Å²) in [4.78, 5) is 23.2. The Morgan fingerprint density at radius 1 is 1.24 bits per heavy atom. The van der Waals surface area contributed by atoms with Crippen molar-refractivity contribution in [2.24, 2.45) is 5.10 Å². The topological polar surface area (TPSA) is 125 Å². The van der Waals surface area contributed by atoms with E-state index in [1.807, 2.05) is 0 Å². The summed E-state index contributed by atoms with van der Waals surface area (Å²) in [5.74, 6) is -1.64. The fraction of sp³-hybridized carbons (Fsp3) is 0.211. The quantitative estimate of drug-likeness (QED) is 0.493. The van der Waals surface area contributed by atoms with E-state index in [4.69, 9.17) is 9.84 Å². The number of nitrogens with one attached hydrogen (secondary N) is 1. The molecule has 0 aliphatic rings. The van der Waals surface area contributed by atoms with Crippen molar-refractivity contribution in [1.29, 1.82) is 0 Å². The van der Waals surface area contributed by atoms with Crippen LogP contribution in [-0.4, -0.2) is 56.6 Å². The van der Waals surface area contributed by atoms with Crippen LogP contribution in [0.3, 0.4) is 0 Å². The van der Waals surface area contributed by atoms with Gasteiger partial charge in [0.05, 0.1) is 25.4 Å². The fourth-order valence-corrected chi connectivity index (χ4v) is 3.82. The van der Waals surface area contributed by atoms with Crippen LogP contribution < -0.4 is 10.2 Å². The number of hydrogen-bond acceptors (Lipinski definition) is 6. The molecule has 1 amide bonds. The van der Waals surface area contributed by atoms with E-state index in [1.165, 1.54) is 38.6 Å². The third-order valence-electron chi connectivity index (χ3n) is 3.96. The molecule has 0 fully saturated rings. The predicted octanol–water partition coefficient (Wildman–Crippen LogP) is 1.47. The molecule has 0 saturated carbocycles. The summed E-state index contributed by atoms with van der Waals surface area (Å²) in [6.07, 6.45) is 1.18. The monoisotopic (exact) mass is 419 g/mol. The Hall–Kier alpha value is -3.24. The Bertz CT molecular complexity index is 1050. The zero-order valence-electron chi connectivity index (χ0n) is 16.1. The van der Waals surface area contributed by atoms with Crippen LogP contribution in [0.5, 0.6) is 5.75 Å². The lowest BCUT2D eigenvalue weighted by Gasteiger charge is -2.18. The second-order valence-corrected chi connectivity index (χ2v) is 8.11. The first-order valence-electron chi connectivity index (χ1n) is 8.42. The van der Waals surface area contributed by atoms with Gasteiger partial charge in [0.15, 0.2) is 0 Å². The van der Waals surface area contributed by atoms with E-state index < -0.39 is 28.4 Å². The minimum absolute atomic E-state index is 0.0248. The van der Waals surface area contributed by atoms with Gasteiger partial charge in [-0.3, -0.25) is 4.79 Å². The van der Waals surface area contributed by atoms with Crippen molar-refractivity contribution < 1.29 is 27.9 Å². The molecule has 2 aromatic carbocycles. The minimum atomic E-state index is -3.98. The van der Waals surface area contributed by atoms with Gasteiger partial charge in [-0.15, -0.1) is 0 Å². The number of aromatic carboxylic acids is 1. The number of amides is 1. The summed E-state index contributed by atoms with van der Waals surface area (Å²) < 4.78 is 31.5. The number of benzene rings is 2. The third kappa shape index (κ3) is 5.39. The number of carbonyl (C=O) groups is 2. The summed E-state index contributed by atoms with van der Waals surface area (Å²) >= 11 is 0. The Balaban J connectivity index is 2.09. The van der Waals surface area contributed by atoms with Crippen molar-refractivity contribution in [3.05, 3.63) is 59.2 Å². The van der Waals surface area contributed by atoms with Gasteiger partial charge in [-0.05, 0) is 30.7 Å². The van der Waals surface area contributed by atoms with Crippen LogP contribution in [0.25, 0.3) is 0 Å². The molecule has 9 nitrogen and oxygen atoms in total. The molecule has 0 atom stereocenters. The molecule has 0 spiro atoms. The standard InChI is InChI=1S/C19H21N3O6S/c1-13-8-9-16(28-3)17(10-13)29(26,27)22(2)12-18(23)21-20-11-14-6-4-5-7-15(14)19(24)25/h4-11H,12H2,1-3H3,(H,21,23)(H,24,25)/b20-11+. The van der Waals surface area contributed by atoms with Crippen LogP contribution in [0.4, 0.5) is 0 Å². The van der Waals surface area contributed by atoms with E-state index in [2.05, 4.69) is 10.5 Å². The Labute approximate surface area is 168 Å². The van der Waals surface area contributed by atoms with Crippen LogP contribution in [0.15, 0.2) is 52.5 Å². The Morgan fingerprint density at radius 2 is 1.93 bits per heavy atom. The Kier molecular flexibility index (Phi) is 7.08. The fourth-order valence-electron chi connectivity index (χ4n) is 2.45. The zero-order valence-corrected chi connectivity index (χ0v) is 16.9. The third-order valence-corrected chi connectivity index (χ3v) is 5.78. The maximum absolute atomic E-state index is 12.8. The number of carboxylic acid groups (broad SMARTS) is 1. The maximum Gasteiger partial charge on any atom is 0.336 e. The molecule has 2 aromatic rings. The van der Waals surface area contributed by atoms with Gasteiger partial charge in [0, 0.05) is 12.6 Å². The van der Waals surface area contributed by atoms with E-state index in [9.17, 15) is 18.0 Å². The smallest absolute Gasteiger partial charge is 0.336 e. The van der Waals surface area contributed by atoms with Crippen LogP contribution in [-0.2, 0) is 14.8 Å². The lowest BCUT2D eigenvalue weighted by Crippen LogP contribution is -2.36. The number of likely N-dealkylation sites (N-methyl/N-ethyl adjacent to an activating group) is 1. The summed E-state index contributed by atoms with van der Waals surface area (Å²) in [5, 5.41) is 12.8. The summed E-state index contributed by atoms with van der Waals surface area (Å²) in [7, 11) is -1.35. The molecule has 29 heavy (non-hydrogen) atoms. The van der Waals surface area contributed by atoms with Gasteiger partial charge < -0.3 is 9.84 Å². The number of hydrazone groups is 1. The van der Waals surface area contributed by atoms with Crippen molar-refractivity contribution in [2.75, 3.05) is 20.7 Å². The lowest BCUT2D eigenvalue weighted by molar-refractivity contribution is -0.121. The van der Waals surface area contributed by atoms with Gasteiger partial charge in [0.1, 0.15) is 10.6 Å². The molecule has 10 heteroatoms. The number of ether oxygens (including phenoxy) is 1. The largest absolute Gasteiger partial charge is 0.495 e. The number of sulfonamides is 1. The van der Waals surface area contributed by atoms with Crippen LogP contribution in [0.2, 0.25) is 0 Å². The molecular formula is C19H21N3O6S. The van der Waals surface area contributed by atoms with Crippen molar-refractivity contribution in [3.63, 3.8) is 0 Å². The van der Waals surface area contributed by atoms with E-state index in [0.29, 0.717) is 5.56 Å². The number of aryl methyl sites for hydroxylation is 1. The normalized spacial score (nSPS) is 11.6. The van der Waals surface area contributed by atoms with Crippen molar-refractivity contribution in [2.45, 2.75) is 11.8 Å². The highest BCUT2D eigenvalue weighted by Gasteiger charge is 2.26. The second-order valence-electron chi connectivity index (χ2n) is 6.10. The van der Waals surface area contributed by atoms with Crippen molar-refractivity contribution in [3.8, 4) is 5.75 Å². The van der Waals surface area contributed by atoms with Gasteiger partial charge in [0.25, 0.3) is 5.91 Å². The highest BCUT2D eigenvalue weighted by molar-refractivity contribution is 7.89. The molecule has 154 valence electrons. The number of carboxylic acids is 1. The van der Waals surface area contributed by atoms with Gasteiger partial charge >= 0.3 is 5.97 Å². The predicted molar refractivity (Wildman–Crippen MR) is 107 cm³/mol. The number of carbonyl (C=O) groups excluding carboxylic acids is 1. The van der Waals surface area contributed by atoms with Crippen LogP contribution in [0, 0.1) is 6.92 Å². The molecule has 0 radical (unpaired) electrons. The number of methoxy groups -OCH3 is 1. The van der Waals surface area contributed by atoms with Crippen molar-refractivity contribution >= 4 is 28.1 Å². The summed E-state index contributed by atoms with van der Waals surface area (Å²) in [5.41, 5.74) is 3.24. The van der Waals surface area contributed by atoms with Crippen LogP contribution in [0.1, 0.15) is 21.5 Å². The van der Waals surface area contributed by atoms with Crippen LogP contribution >= 0.6 is 0 Å². The van der Waals surface area contributed by atoms with E-state index in [0.717, 1.165) is 9.87 Å². The Morgan fingerprint density at radius 3 is 2.59 bits per heavy atom. The second kappa shape index (κ2) is 9.30. The molecular weight excluding hydrogens is 398 g/mol. The molecule has 0 saturated heterocycles. The van der Waals surface area contributed by atoms with Gasteiger partial charge in [-0.2, -0.15) is 9.41 Å². The molecule has 0 unspecified atom stereocenters. The maximum atomic E-state index is 12.8. The number of nitrogens with zero attached hydrogens (tertiary/aromatic N) is 2. The minimum Gasteiger partial charge on any atom is -0.495 e. The first-order chi connectivity index (χ1) is 13.7. The van der Waals surface area contributed by atoms with Gasteiger partial charge in [-0.25, -0.2) is 18.6 Å². The highest BCUT2D eigenvalue weighted by Crippen LogP contribution is 2.27. The van der Waals surface area contributed by atoms with Gasteiger partial charge in [0.2, 0.25) is 10.0 Å². The van der Waals surface area contributed by atoms with E-state index >= 15 is 0 Å². The molecule has 0 aromatic heterocycles. The van der Waals surface area contributed by atoms with E-state index in [-0.39, 0.29) is 16.2 Å². The summed E-state index contributed by atoms with van der Waals surface area (Å²) in [6.45, 7) is 1.26. The average Bonchev–Trinajstić information content (AvgIpc) is 2.68.